The van der Waals surface area contributed by atoms with E-state index in [1.54, 1.807) is 12.4 Å². The average Bonchev–Trinajstić information content (AvgIpc) is 3.11. The predicted molar refractivity (Wildman–Crippen MR) is 119 cm³/mol. The molecule has 0 radical (unpaired) electrons. The number of hydrogen-bond donors (Lipinski definition) is 2. The number of anilines is 3. The number of hydrogen-bond acceptors (Lipinski definition) is 5. The largest absolute Gasteiger partial charge is 0.326 e. The van der Waals surface area contributed by atoms with Gasteiger partial charge in [0.05, 0.1) is 17.4 Å². The molecule has 152 valence electrons. The van der Waals surface area contributed by atoms with Crippen molar-refractivity contribution in [3.8, 4) is 11.3 Å². The molecule has 7 nitrogen and oxygen atoms in total. The highest BCUT2D eigenvalue weighted by Gasteiger charge is 2.19. The molecule has 0 saturated carbocycles. The molecule has 3 aromatic heterocycles. The minimum atomic E-state index is -0.108. The van der Waals surface area contributed by atoms with Crippen LogP contribution in [-0.4, -0.2) is 25.5 Å². The molecule has 0 unspecified atom stereocenters. The van der Waals surface area contributed by atoms with Gasteiger partial charge in [-0.2, -0.15) is 0 Å². The lowest BCUT2D eigenvalue weighted by Gasteiger charge is -2.23. The SMILES string of the molecule is CC(=O)Nc1cc(Nc2ncc3ccc(-c4cccnc4)n3n2)ccc1C(C)(C)C. The monoisotopic (exact) mass is 400 g/mol. The summed E-state index contributed by atoms with van der Waals surface area (Å²) in [5.41, 5.74) is 5.33. The van der Waals surface area contributed by atoms with Crippen LogP contribution in [0.25, 0.3) is 16.8 Å². The number of fused-ring (bicyclic) bond motifs is 1. The van der Waals surface area contributed by atoms with Gasteiger partial charge in [-0.15, -0.1) is 5.10 Å². The van der Waals surface area contributed by atoms with Crippen molar-refractivity contribution in [2.45, 2.75) is 33.1 Å². The Labute approximate surface area is 175 Å². The lowest BCUT2D eigenvalue weighted by atomic mass is 9.85. The minimum Gasteiger partial charge on any atom is -0.326 e. The first-order chi connectivity index (χ1) is 14.3. The first kappa shape index (κ1) is 19.6. The van der Waals surface area contributed by atoms with Gasteiger partial charge in [0.2, 0.25) is 11.9 Å². The molecule has 0 atom stereocenters. The summed E-state index contributed by atoms with van der Waals surface area (Å²) >= 11 is 0. The highest BCUT2D eigenvalue weighted by Crippen LogP contribution is 2.32. The number of amides is 1. The average molecular weight is 400 g/mol. The van der Waals surface area contributed by atoms with E-state index in [4.69, 9.17) is 0 Å². The number of carbonyl (C=O) groups excluding carboxylic acids is 1. The smallest absolute Gasteiger partial charge is 0.245 e. The Kier molecular flexibility index (Phi) is 4.95. The van der Waals surface area contributed by atoms with E-state index in [0.29, 0.717) is 5.95 Å². The summed E-state index contributed by atoms with van der Waals surface area (Å²) in [6.07, 6.45) is 5.32. The van der Waals surface area contributed by atoms with Crippen molar-refractivity contribution < 1.29 is 4.79 Å². The maximum atomic E-state index is 11.7. The zero-order chi connectivity index (χ0) is 21.3. The first-order valence-corrected chi connectivity index (χ1v) is 9.75. The van der Waals surface area contributed by atoms with Crippen molar-refractivity contribution in [3.05, 3.63) is 66.6 Å². The van der Waals surface area contributed by atoms with Crippen LogP contribution < -0.4 is 10.6 Å². The molecule has 7 heteroatoms. The van der Waals surface area contributed by atoms with E-state index in [1.807, 2.05) is 53.2 Å². The van der Waals surface area contributed by atoms with Gasteiger partial charge in [-0.25, -0.2) is 9.50 Å². The molecule has 2 N–H and O–H groups in total. The van der Waals surface area contributed by atoms with Crippen molar-refractivity contribution in [2.75, 3.05) is 10.6 Å². The Bertz CT molecular complexity index is 1210. The van der Waals surface area contributed by atoms with Gasteiger partial charge in [0.1, 0.15) is 0 Å². The van der Waals surface area contributed by atoms with Gasteiger partial charge in [-0.3, -0.25) is 9.78 Å². The molecule has 0 aliphatic rings. The third-order valence-electron chi connectivity index (χ3n) is 4.75. The quantitative estimate of drug-likeness (QED) is 0.514. The van der Waals surface area contributed by atoms with Crippen molar-refractivity contribution >= 4 is 28.7 Å². The molecule has 0 fully saturated rings. The van der Waals surface area contributed by atoms with Crippen molar-refractivity contribution in [1.82, 2.24) is 19.6 Å². The fourth-order valence-electron chi connectivity index (χ4n) is 3.39. The highest BCUT2D eigenvalue weighted by atomic mass is 16.1. The zero-order valence-electron chi connectivity index (χ0n) is 17.5. The zero-order valence-corrected chi connectivity index (χ0v) is 17.5. The summed E-state index contributed by atoms with van der Waals surface area (Å²) in [4.78, 5) is 20.3. The summed E-state index contributed by atoms with van der Waals surface area (Å²) in [6.45, 7) is 7.85. The molecule has 1 aromatic carbocycles. The lowest BCUT2D eigenvalue weighted by molar-refractivity contribution is -0.114. The van der Waals surface area contributed by atoms with E-state index >= 15 is 0 Å². The number of aromatic nitrogens is 4. The first-order valence-electron chi connectivity index (χ1n) is 9.75. The number of pyridine rings is 1. The number of benzene rings is 1. The molecule has 3 heterocycles. The van der Waals surface area contributed by atoms with E-state index in [0.717, 1.165) is 33.7 Å². The maximum Gasteiger partial charge on any atom is 0.245 e. The predicted octanol–water partition coefficient (Wildman–Crippen LogP) is 4.79. The van der Waals surface area contributed by atoms with Crippen molar-refractivity contribution in [3.63, 3.8) is 0 Å². The van der Waals surface area contributed by atoms with E-state index in [1.165, 1.54) is 6.92 Å². The van der Waals surface area contributed by atoms with Gasteiger partial charge in [-0.1, -0.05) is 26.8 Å². The minimum absolute atomic E-state index is 0.102. The normalized spacial score (nSPS) is 11.5. The number of nitrogens with one attached hydrogen (secondary N) is 2. The Morgan fingerprint density at radius 1 is 1.07 bits per heavy atom. The number of carbonyl (C=O) groups is 1. The van der Waals surface area contributed by atoms with Gasteiger partial charge in [0.15, 0.2) is 0 Å². The van der Waals surface area contributed by atoms with E-state index in [9.17, 15) is 4.79 Å². The van der Waals surface area contributed by atoms with Crippen LogP contribution in [0.15, 0.2) is 61.1 Å². The van der Waals surface area contributed by atoms with Gasteiger partial charge >= 0.3 is 0 Å². The second-order valence-electron chi connectivity index (χ2n) is 8.20. The maximum absolute atomic E-state index is 11.7. The molecule has 0 aliphatic heterocycles. The Morgan fingerprint density at radius 2 is 1.90 bits per heavy atom. The van der Waals surface area contributed by atoms with E-state index in [-0.39, 0.29) is 11.3 Å². The van der Waals surface area contributed by atoms with Crippen LogP contribution in [0.5, 0.6) is 0 Å². The molecule has 0 aliphatic carbocycles. The molecular formula is C23H24N6O. The van der Waals surface area contributed by atoms with Crippen LogP contribution in [0.2, 0.25) is 0 Å². The lowest BCUT2D eigenvalue weighted by Crippen LogP contribution is -2.17. The summed E-state index contributed by atoms with van der Waals surface area (Å²) < 4.78 is 1.84. The standard InChI is InChI=1S/C23H24N6O/c1-15(30)26-20-12-17(7-9-19(20)23(2,3)4)27-22-25-14-18-8-10-21(29(18)28-22)16-6-5-11-24-13-16/h5-14H,1-4H3,(H,26,30)(H,27,28). The molecule has 4 aromatic rings. The second-order valence-corrected chi connectivity index (χ2v) is 8.20. The van der Waals surface area contributed by atoms with Gasteiger partial charge in [0, 0.05) is 36.3 Å². The fourth-order valence-corrected chi connectivity index (χ4v) is 3.39. The molecule has 4 rings (SSSR count). The van der Waals surface area contributed by atoms with E-state index in [2.05, 4.69) is 46.5 Å². The van der Waals surface area contributed by atoms with Crippen LogP contribution in [-0.2, 0) is 10.2 Å². The van der Waals surface area contributed by atoms with Gasteiger partial charge in [0.25, 0.3) is 0 Å². The molecule has 1 amide bonds. The second kappa shape index (κ2) is 7.59. The van der Waals surface area contributed by atoms with Crippen LogP contribution in [0, 0.1) is 0 Å². The fraction of sp³-hybridized carbons (Fsp3) is 0.217. The van der Waals surface area contributed by atoms with Crippen molar-refractivity contribution in [1.29, 1.82) is 0 Å². The van der Waals surface area contributed by atoms with Crippen LogP contribution in [0.1, 0.15) is 33.3 Å². The number of rotatable bonds is 4. The Morgan fingerprint density at radius 3 is 2.60 bits per heavy atom. The van der Waals surface area contributed by atoms with Crippen LogP contribution in [0.3, 0.4) is 0 Å². The van der Waals surface area contributed by atoms with Crippen LogP contribution in [0.4, 0.5) is 17.3 Å². The Balaban J connectivity index is 1.69. The molecule has 0 bridgehead atoms. The van der Waals surface area contributed by atoms with Crippen molar-refractivity contribution in [2.24, 2.45) is 0 Å². The van der Waals surface area contributed by atoms with Crippen LogP contribution >= 0.6 is 0 Å². The summed E-state index contributed by atoms with van der Waals surface area (Å²) in [5, 5.41) is 10.8. The summed E-state index contributed by atoms with van der Waals surface area (Å²) in [6, 6.07) is 13.8. The number of nitrogens with zero attached hydrogens (tertiary/aromatic N) is 4. The summed E-state index contributed by atoms with van der Waals surface area (Å²) in [5.74, 6) is 0.352. The molecule has 0 spiro atoms. The topological polar surface area (TPSA) is 84.2 Å². The van der Waals surface area contributed by atoms with Gasteiger partial charge in [-0.05, 0) is 47.4 Å². The molecular weight excluding hydrogens is 376 g/mol. The third-order valence-corrected chi connectivity index (χ3v) is 4.75. The highest BCUT2D eigenvalue weighted by molar-refractivity contribution is 5.90. The third kappa shape index (κ3) is 4.00. The van der Waals surface area contributed by atoms with E-state index < -0.39 is 0 Å². The Hall–Kier alpha value is -3.74. The summed E-state index contributed by atoms with van der Waals surface area (Å²) in [7, 11) is 0. The molecule has 0 saturated heterocycles. The van der Waals surface area contributed by atoms with Gasteiger partial charge < -0.3 is 10.6 Å². The molecule has 30 heavy (non-hydrogen) atoms.